The van der Waals surface area contributed by atoms with Crippen molar-refractivity contribution in [2.45, 2.75) is 6.92 Å². The SMILES string of the molecule is CCOc1ccc(-c2cc(-c3cccc(Br)c3)nc(N)c2C#N)cc1. The molecule has 3 aromatic rings. The number of rotatable bonds is 4. The Morgan fingerprint density at radius 2 is 1.88 bits per heavy atom. The monoisotopic (exact) mass is 393 g/mol. The summed E-state index contributed by atoms with van der Waals surface area (Å²) in [6, 6.07) is 19.5. The van der Waals surface area contributed by atoms with E-state index in [1.807, 2.05) is 61.5 Å². The highest BCUT2D eigenvalue weighted by molar-refractivity contribution is 9.10. The van der Waals surface area contributed by atoms with E-state index in [9.17, 15) is 5.26 Å². The van der Waals surface area contributed by atoms with Gasteiger partial charge in [-0.3, -0.25) is 0 Å². The number of aromatic nitrogens is 1. The van der Waals surface area contributed by atoms with Crippen LogP contribution in [-0.2, 0) is 0 Å². The van der Waals surface area contributed by atoms with E-state index in [1.165, 1.54) is 0 Å². The van der Waals surface area contributed by atoms with Crippen molar-refractivity contribution < 1.29 is 4.74 Å². The van der Waals surface area contributed by atoms with Crippen molar-refractivity contribution in [2.75, 3.05) is 12.3 Å². The molecule has 2 aromatic carbocycles. The van der Waals surface area contributed by atoms with Crippen molar-refractivity contribution >= 4 is 21.7 Å². The van der Waals surface area contributed by atoms with Crippen molar-refractivity contribution in [1.82, 2.24) is 4.98 Å². The molecule has 5 heteroatoms. The molecule has 0 radical (unpaired) electrons. The molecule has 0 atom stereocenters. The number of ether oxygens (including phenoxy) is 1. The average molecular weight is 394 g/mol. The van der Waals surface area contributed by atoms with Crippen LogP contribution in [0.4, 0.5) is 5.82 Å². The molecule has 0 fully saturated rings. The quantitative estimate of drug-likeness (QED) is 0.674. The summed E-state index contributed by atoms with van der Waals surface area (Å²) in [6.45, 7) is 2.55. The lowest BCUT2D eigenvalue weighted by Crippen LogP contribution is -2.00. The standard InChI is InChI=1S/C20H16BrN3O/c1-2-25-16-8-6-13(7-9-16)17-11-19(24-20(23)18(17)12-22)14-4-3-5-15(21)10-14/h3-11H,2H2,1H3,(H2,23,24). The van der Waals surface area contributed by atoms with Crippen LogP contribution in [0, 0.1) is 11.3 Å². The van der Waals surface area contributed by atoms with Crippen LogP contribution in [-0.4, -0.2) is 11.6 Å². The molecule has 0 aliphatic heterocycles. The molecule has 25 heavy (non-hydrogen) atoms. The summed E-state index contributed by atoms with van der Waals surface area (Å²) >= 11 is 3.47. The third-order valence-electron chi connectivity index (χ3n) is 3.76. The molecule has 0 aliphatic rings. The molecule has 4 nitrogen and oxygen atoms in total. The zero-order valence-corrected chi connectivity index (χ0v) is 15.2. The molecule has 124 valence electrons. The highest BCUT2D eigenvalue weighted by Gasteiger charge is 2.13. The van der Waals surface area contributed by atoms with Crippen LogP contribution in [0.2, 0.25) is 0 Å². The van der Waals surface area contributed by atoms with Crippen LogP contribution in [0.5, 0.6) is 5.75 Å². The Kier molecular flexibility index (Phi) is 5.01. The fourth-order valence-corrected chi connectivity index (χ4v) is 3.00. The summed E-state index contributed by atoms with van der Waals surface area (Å²) in [6.07, 6.45) is 0. The first-order chi connectivity index (χ1) is 12.1. The Morgan fingerprint density at radius 3 is 2.52 bits per heavy atom. The predicted octanol–water partition coefficient (Wildman–Crippen LogP) is 5.03. The lowest BCUT2D eigenvalue weighted by molar-refractivity contribution is 0.340. The minimum absolute atomic E-state index is 0.226. The molecule has 0 unspecified atom stereocenters. The molecular weight excluding hydrogens is 378 g/mol. The molecule has 2 N–H and O–H groups in total. The molecular formula is C20H16BrN3O. The zero-order valence-electron chi connectivity index (χ0n) is 13.7. The molecule has 0 spiro atoms. The Bertz CT molecular complexity index is 946. The van der Waals surface area contributed by atoms with Gasteiger partial charge in [0.05, 0.1) is 12.3 Å². The van der Waals surface area contributed by atoms with E-state index in [1.54, 1.807) is 0 Å². The third-order valence-corrected chi connectivity index (χ3v) is 4.25. The second-order valence-corrected chi connectivity index (χ2v) is 6.31. The van der Waals surface area contributed by atoms with Crippen molar-refractivity contribution in [3.8, 4) is 34.2 Å². The number of hydrogen-bond acceptors (Lipinski definition) is 4. The van der Waals surface area contributed by atoms with E-state index in [-0.39, 0.29) is 5.82 Å². The molecule has 0 amide bonds. The van der Waals surface area contributed by atoms with Crippen molar-refractivity contribution in [2.24, 2.45) is 0 Å². The minimum atomic E-state index is 0.226. The first-order valence-electron chi connectivity index (χ1n) is 7.82. The number of anilines is 1. The number of pyridine rings is 1. The summed E-state index contributed by atoms with van der Waals surface area (Å²) in [5.74, 6) is 1.02. The number of nitrogens with zero attached hydrogens (tertiary/aromatic N) is 2. The van der Waals surface area contributed by atoms with Crippen molar-refractivity contribution in [3.05, 3.63) is 64.6 Å². The molecule has 0 saturated carbocycles. The molecule has 0 aliphatic carbocycles. The number of nitriles is 1. The van der Waals surface area contributed by atoms with Gasteiger partial charge >= 0.3 is 0 Å². The smallest absolute Gasteiger partial charge is 0.142 e. The Balaban J connectivity index is 2.13. The molecule has 0 bridgehead atoms. The first-order valence-corrected chi connectivity index (χ1v) is 8.61. The Labute approximate surface area is 155 Å². The second-order valence-electron chi connectivity index (χ2n) is 5.39. The highest BCUT2D eigenvalue weighted by Crippen LogP contribution is 2.32. The van der Waals surface area contributed by atoms with E-state index in [4.69, 9.17) is 10.5 Å². The average Bonchev–Trinajstić information content (AvgIpc) is 2.62. The van der Waals surface area contributed by atoms with Crippen LogP contribution >= 0.6 is 15.9 Å². The predicted molar refractivity (Wildman–Crippen MR) is 103 cm³/mol. The lowest BCUT2D eigenvalue weighted by Gasteiger charge is -2.11. The van der Waals surface area contributed by atoms with Gasteiger partial charge in [0.1, 0.15) is 23.2 Å². The fourth-order valence-electron chi connectivity index (χ4n) is 2.60. The Morgan fingerprint density at radius 1 is 1.12 bits per heavy atom. The van der Waals surface area contributed by atoms with Crippen LogP contribution in [0.1, 0.15) is 12.5 Å². The summed E-state index contributed by atoms with van der Waals surface area (Å²) in [7, 11) is 0. The van der Waals surface area contributed by atoms with Gasteiger partial charge in [0, 0.05) is 15.6 Å². The minimum Gasteiger partial charge on any atom is -0.494 e. The molecule has 1 heterocycles. The largest absolute Gasteiger partial charge is 0.494 e. The topological polar surface area (TPSA) is 71.9 Å². The van der Waals surface area contributed by atoms with E-state index in [0.29, 0.717) is 12.2 Å². The number of halogens is 1. The van der Waals surface area contributed by atoms with Crippen LogP contribution < -0.4 is 10.5 Å². The van der Waals surface area contributed by atoms with Gasteiger partial charge < -0.3 is 10.5 Å². The third kappa shape index (κ3) is 3.65. The van der Waals surface area contributed by atoms with E-state index >= 15 is 0 Å². The molecule has 3 rings (SSSR count). The lowest BCUT2D eigenvalue weighted by atomic mass is 9.98. The van der Waals surface area contributed by atoms with Gasteiger partial charge in [0.2, 0.25) is 0 Å². The van der Waals surface area contributed by atoms with Crippen LogP contribution in [0.25, 0.3) is 22.4 Å². The van der Waals surface area contributed by atoms with Gasteiger partial charge in [-0.1, -0.05) is 40.2 Å². The van der Waals surface area contributed by atoms with Crippen LogP contribution in [0.15, 0.2) is 59.1 Å². The van der Waals surface area contributed by atoms with E-state index < -0.39 is 0 Å². The van der Waals surface area contributed by atoms with Gasteiger partial charge in [-0.05, 0) is 42.8 Å². The van der Waals surface area contributed by atoms with Gasteiger partial charge in [0.25, 0.3) is 0 Å². The zero-order chi connectivity index (χ0) is 17.8. The van der Waals surface area contributed by atoms with E-state index in [2.05, 4.69) is 27.0 Å². The maximum absolute atomic E-state index is 9.50. The van der Waals surface area contributed by atoms with Gasteiger partial charge in [0.15, 0.2) is 0 Å². The van der Waals surface area contributed by atoms with Gasteiger partial charge in [-0.2, -0.15) is 5.26 Å². The summed E-state index contributed by atoms with van der Waals surface area (Å²) < 4.78 is 6.43. The summed E-state index contributed by atoms with van der Waals surface area (Å²) in [4.78, 5) is 4.40. The van der Waals surface area contributed by atoms with E-state index in [0.717, 1.165) is 32.6 Å². The molecule has 1 aromatic heterocycles. The number of hydrogen-bond donors (Lipinski definition) is 1. The maximum atomic E-state index is 9.50. The molecule has 0 saturated heterocycles. The normalized spacial score (nSPS) is 10.3. The van der Waals surface area contributed by atoms with Crippen LogP contribution in [0.3, 0.4) is 0 Å². The summed E-state index contributed by atoms with van der Waals surface area (Å²) in [5, 5.41) is 9.50. The van der Waals surface area contributed by atoms with Crippen molar-refractivity contribution in [1.29, 1.82) is 5.26 Å². The number of nitrogens with two attached hydrogens (primary N) is 1. The van der Waals surface area contributed by atoms with Gasteiger partial charge in [-0.15, -0.1) is 0 Å². The first kappa shape index (κ1) is 17.0. The summed E-state index contributed by atoms with van der Waals surface area (Å²) in [5.41, 5.74) is 9.73. The second kappa shape index (κ2) is 7.37. The maximum Gasteiger partial charge on any atom is 0.142 e. The number of nitrogen functional groups attached to an aromatic ring is 1. The fraction of sp³-hybridized carbons (Fsp3) is 0.100. The number of benzene rings is 2. The van der Waals surface area contributed by atoms with Gasteiger partial charge in [-0.25, -0.2) is 4.98 Å². The van der Waals surface area contributed by atoms with Crippen molar-refractivity contribution in [3.63, 3.8) is 0 Å². The highest BCUT2D eigenvalue weighted by atomic mass is 79.9. The Hall–Kier alpha value is -2.84.